The van der Waals surface area contributed by atoms with Gasteiger partial charge in [0.1, 0.15) is 0 Å². The van der Waals surface area contributed by atoms with Gasteiger partial charge in [0.25, 0.3) is 0 Å². The molecule has 0 radical (unpaired) electrons. The van der Waals surface area contributed by atoms with E-state index in [2.05, 4.69) is 12.2 Å². The predicted octanol–water partition coefficient (Wildman–Crippen LogP) is 2.70. The van der Waals surface area contributed by atoms with E-state index < -0.39 is 0 Å². The third-order valence-corrected chi connectivity index (χ3v) is 4.06. The molecular weight excluding hydrogens is 160 g/mol. The van der Waals surface area contributed by atoms with Gasteiger partial charge in [0, 0.05) is 25.2 Å². The highest BCUT2D eigenvalue weighted by Crippen LogP contribution is 2.46. The molecule has 1 aliphatic carbocycles. The highest BCUT2D eigenvalue weighted by molar-refractivity contribution is 5.84. The zero-order chi connectivity index (χ0) is 8.89. The molecule has 0 aromatic carbocycles. The van der Waals surface area contributed by atoms with Crippen molar-refractivity contribution in [3.05, 3.63) is 18.0 Å². The normalized spacial score (nSPS) is 42.3. The molecule has 1 fully saturated rings. The Kier molecular flexibility index (Phi) is 1.38. The second kappa shape index (κ2) is 2.37. The first-order chi connectivity index (χ1) is 6.33. The molecule has 0 aromatic rings. The molecule has 3 aliphatic rings. The maximum atomic E-state index is 8.11. The van der Waals surface area contributed by atoms with E-state index >= 15 is 0 Å². The third kappa shape index (κ3) is 0.812. The van der Waals surface area contributed by atoms with Gasteiger partial charge in [-0.3, -0.25) is 4.68 Å². The molecule has 1 N–H and O–H groups in total. The average molecular weight is 176 g/mol. The molecule has 2 unspecified atom stereocenters. The number of nitrogens with zero attached hydrogens (tertiary/aromatic N) is 1. The van der Waals surface area contributed by atoms with Gasteiger partial charge in [0.15, 0.2) is 11.3 Å². The number of nitrogens with one attached hydrogen (secondary N) is 1. The van der Waals surface area contributed by atoms with E-state index in [1.807, 2.05) is 4.68 Å². The van der Waals surface area contributed by atoms with Crippen LogP contribution in [-0.2, 0) is 0 Å². The molecule has 1 spiro atoms. The number of allylic oxidation sites excluding steroid dienone is 1. The van der Waals surface area contributed by atoms with Gasteiger partial charge in [0.2, 0.25) is 0 Å². The first-order valence-corrected chi connectivity index (χ1v) is 5.37. The molecule has 2 heterocycles. The van der Waals surface area contributed by atoms with Crippen molar-refractivity contribution < 1.29 is 4.68 Å². The maximum absolute atomic E-state index is 8.11. The first-order valence-electron chi connectivity index (χ1n) is 5.37. The second-order valence-corrected chi connectivity index (χ2v) is 4.65. The fourth-order valence-corrected chi connectivity index (χ4v) is 3.36. The maximum Gasteiger partial charge on any atom is 0.178 e. The van der Waals surface area contributed by atoms with Gasteiger partial charge in [-0.15, -0.1) is 0 Å². The highest BCUT2D eigenvalue weighted by Gasteiger charge is 2.52. The lowest BCUT2D eigenvalue weighted by Crippen LogP contribution is -2.43. The van der Waals surface area contributed by atoms with E-state index in [1.165, 1.54) is 37.8 Å². The molecule has 2 atom stereocenters. The van der Waals surface area contributed by atoms with Gasteiger partial charge in [-0.05, 0) is 18.9 Å². The molecule has 2 nitrogen and oxygen atoms in total. The quantitative estimate of drug-likeness (QED) is 0.401. The van der Waals surface area contributed by atoms with Crippen molar-refractivity contribution >= 4 is 5.71 Å². The lowest BCUT2D eigenvalue weighted by molar-refractivity contribution is -0.540. The topological polar surface area (TPSA) is 26.8 Å². The zero-order valence-electron chi connectivity index (χ0n) is 7.92. The smallest absolute Gasteiger partial charge is 0.178 e. The minimum Gasteiger partial charge on any atom is -0.454 e. The van der Waals surface area contributed by atoms with Gasteiger partial charge >= 0.3 is 0 Å². The predicted molar refractivity (Wildman–Crippen MR) is 52.7 cm³/mol. The van der Waals surface area contributed by atoms with Crippen molar-refractivity contribution in [3.8, 4) is 0 Å². The largest absolute Gasteiger partial charge is 0.454 e. The Morgan fingerprint density at radius 3 is 3.31 bits per heavy atom. The Bertz CT molecular complexity index is 303. The van der Waals surface area contributed by atoms with E-state index in [0.29, 0.717) is 0 Å². The van der Waals surface area contributed by atoms with Crippen LogP contribution in [0.4, 0.5) is 0 Å². The molecule has 13 heavy (non-hydrogen) atoms. The van der Waals surface area contributed by atoms with Crippen molar-refractivity contribution in [2.45, 2.75) is 44.1 Å². The van der Waals surface area contributed by atoms with Crippen LogP contribution in [0.2, 0.25) is 0 Å². The Labute approximate surface area is 79.1 Å². The Morgan fingerprint density at radius 1 is 1.46 bits per heavy atom. The summed E-state index contributed by atoms with van der Waals surface area (Å²) in [5, 5.41) is 0. The van der Waals surface area contributed by atoms with Crippen LogP contribution in [0.25, 0.3) is 5.84 Å². The van der Waals surface area contributed by atoms with E-state index in [-0.39, 0.29) is 5.54 Å². The van der Waals surface area contributed by atoms with Crippen LogP contribution < -0.4 is 0 Å². The summed E-state index contributed by atoms with van der Waals surface area (Å²) < 4.78 is 1.84. The van der Waals surface area contributed by atoms with E-state index in [4.69, 9.17) is 5.84 Å². The van der Waals surface area contributed by atoms with Gasteiger partial charge in [-0.25, -0.2) is 0 Å². The molecule has 2 bridgehead atoms. The zero-order valence-corrected chi connectivity index (χ0v) is 7.92. The van der Waals surface area contributed by atoms with Crippen LogP contribution in [0.15, 0.2) is 12.2 Å². The SMILES string of the molecule is [NH-][N+]1=C2CC=CC13CCCCC3C2. The molecule has 0 saturated heterocycles. The van der Waals surface area contributed by atoms with Crippen LogP contribution in [0.1, 0.15) is 38.5 Å². The van der Waals surface area contributed by atoms with Crippen LogP contribution in [0.3, 0.4) is 0 Å². The molecular formula is C11H16N2. The lowest BCUT2D eigenvalue weighted by Gasteiger charge is -2.36. The van der Waals surface area contributed by atoms with Crippen molar-refractivity contribution in [1.82, 2.24) is 0 Å². The Hall–Kier alpha value is -0.790. The highest BCUT2D eigenvalue weighted by atomic mass is 15.4. The summed E-state index contributed by atoms with van der Waals surface area (Å²) in [5.41, 5.74) is 1.49. The van der Waals surface area contributed by atoms with Crippen LogP contribution in [0.5, 0.6) is 0 Å². The van der Waals surface area contributed by atoms with E-state index in [9.17, 15) is 0 Å². The third-order valence-electron chi connectivity index (χ3n) is 4.06. The van der Waals surface area contributed by atoms with Gasteiger partial charge in [0.05, 0.1) is 0 Å². The van der Waals surface area contributed by atoms with Crippen molar-refractivity contribution in [2.24, 2.45) is 5.92 Å². The van der Waals surface area contributed by atoms with Gasteiger partial charge in [-0.1, -0.05) is 12.5 Å². The summed E-state index contributed by atoms with van der Waals surface area (Å²) >= 11 is 0. The Morgan fingerprint density at radius 2 is 2.38 bits per heavy atom. The number of rotatable bonds is 0. The summed E-state index contributed by atoms with van der Waals surface area (Å²) in [6.45, 7) is 0. The molecule has 2 heteroatoms. The molecule has 2 aliphatic heterocycles. The molecule has 0 amide bonds. The monoisotopic (exact) mass is 176 g/mol. The van der Waals surface area contributed by atoms with Crippen molar-refractivity contribution in [1.29, 1.82) is 0 Å². The number of hydrogen-bond donors (Lipinski definition) is 0. The molecule has 0 aromatic heterocycles. The molecule has 70 valence electrons. The fraction of sp³-hybridized carbons (Fsp3) is 0.727. The van der Waals surface area contributed by atoms with Crippen LogP contribution >= 0.6 is 0 Å². The van der Waals surface area contributed by atoms with Crippen molar-refractivity contribution in [3.63, 3.8) is 0 Å². The standard InChI is InChI=1S/C11H16N2/c12-13-10-5-3-7-11(13)6-2-1-4-9(11)8-10/h3,7,9,12H,1-2,4-6,8H2. The van der Waals surface area contributed by atoms with E-state index in [1.54, 1.807) is 0 Å². The second-order valence-electron chi connectivity index (χ2n) is 4.65. The molecule has 1 saturated carbocycles. The van der Waals surface area contributed by atoms with Gasteiger partial charge < -0.3 is 5.84 Å². The summed E-state index contributed by atoms with van der Waals surface area (Å²) in [7, 11) is 0. The van der Waals surface area contributed by atoms with Crippen molar-refractivity contribution in [2.75, 3.05) is 0 Å². The summed E-state index contributed by atoms with van der Waals surface area (Å²) in [4.78, 5) is 0. The summed E-state index contributed by atoms with van der Waals surface area (Å²) in [6.07, 6.45) is 12.1. The summed E-state index contributed by atoms with van der Waals surface area (Å²) in [6, 6.07) is 0. The van der Waals surface area contributed by atoms with E-state index in [0.717, 1.165) is 12.3 Å². The molecule has 3 rings (SSSR count). The Balaban J connectivity index is 2.07. The first kappa shape index (κ1) is 7.60. The fourth-order valence-electron chi connectivity index (χ4n) is 3.36. The summed E-state index contributed by atoms with van der Waals surface area (Å²) in [5.74, 6) is 8.86. The van der Waals surface area contributed by atoms with Crippen LogP contribution in [0, 0.1) is 5.92 Å². The lowest BCUT2D eigenvalue weighted by atomic mass is 9.73. The average Bonchev–Trinajstić information content (AvgIpc) is 2.35. The van der Waals surface area contributed by atoms with Crippen LogP contribution in [-0.4, -0.2) is 15.9 Å². The van der Waals surface area contributed by atoms with Gasteiger partial charge in [-0.2, -0.15) is 0 Å². The minimum absolute atomic E-state index is 0.131. The number of hydrogen-bond acceptors (Lipinski definition) is 0. The minimum atomic E-state index is 0.131.